The molecule has 1 aliphatic heterocycles. The van der Waals surface area contributed by atoms with E-state index in [0.717, 1.165) is 19.4 Å². The molecule has 2 N–H and O–H groups in total. The minimum atomic E-state index is 0.168. The first-order valence-electron chi connectivity index (χ1n) is 5.25. The number of nitrogens with zero attached hydrogens (tertiary/aromatic N) is 1. The maximum atomic E-state index is 11.6. The van der Waals surface area contributed by atoms with E-state index in [1.165, 1.54) is 0 Å². The van der Waals surface area contributed by atoms with Gasteiger partial charge < -0.3 is 15.4 Å². The topological polar surface area (TPSA) is 55.6 Å². The van der Waals surface area contributed by atoms with Crippen molar-refractivity contribution in [1.29, 1.82) is 0 Å². The standard InChI is InChI=1S/C10H20N2O2/c1-3-10(13)12-5-4-9(14-2)6-8(12)7-11/h8-9H,3-7,11H2,1-2H3. The van der Waals surface area contributed by atoms with E-state index in [9.17, 15) is 4.79 Å². The Morgan fingerprint density at radius 2 is 2.36 bits per heavy atom. The molecule has 1 saturated heterocycles. The Kier molecular flexibility index (Phi) is 4.35. The van der Waals surface area contributed by atoms with Crippen LogP contribution in [-0.4, -0.2) is 43.2 Å². The van der Waals surface area contributed by atoms with Crippen molar-refractivity contribution in [3.8, 4) is 0 Å². The number of ether oxygens (including phenoxy) is 1. The van der Waals surface area contributed by atoms with Crippen LogP contribution in [0.5, 0.6) is 0 Å². The summed E-state index contributed by atoms with van der Waals surface area (Å²) in [4.78, 5) is 13.5. The first-order valence-corrected chi connectivity index (χ1v) is 5.25. The van der Waals surface area contributed by atoms with Gasteiger partial charge >= 0.3 is 0 Å². The van der Waals surface area contributed by atoms with E-state index < -0.39 is 0 Å². The van der Waals surface area contributed by atoms with Crippen LogP contribution in [0.3, 0.4) is 0 Å². The zero-order valence-corrected chi connectivity index (χ0v) is 9.03. The fourth-order valence-corrected chi connectivity index (χ4v) is 1.98. The number of carbonyl (C=O) groups excluding carboxylic acids is 1. The molecule has 1 amide bonds. The molecular formula is C10H20N2O2. The molecule has 2 unspecified atom stereocenters. The van der Waals surface area contributed by atoms with Gasteiger partial charge in [-0.1, -0.05) is 6.92 Å². The van der Waals surface area contributed by atoms with Crippen LogP contribution in [0.1, 0.15) is 26.2 Å². The van der Waals surface area contributed by atoms with Gasteiger partial charge in [0, 0.05) is 32.7 Å². The van der Waals surface area contributed by atoms with Crippen molar-refractivity contribution in [1.82, 2.24) is 4.90 Å². The highest BCUT2D eigenvalue weighted by molar-refractivity contribution is 5.76. The third-order valence-electron chi connectivity index (χ3n) is 2.90. The third kappa shape index (κ3) is 2.45. The molecule has 0 aliphatic carbocycles. The predicted molar refractivity (Wildman–Crippen MR) is 54.9 cm³/mol. The molecule has 0 spiro atoms. The molecule has 1 aliphatic rings. The van der Waals surface area contributed by atoms with Crippen molar-refractivity contribution >= 4 is 5.91 Å². The SMILES string of the molecule is CCC(=O)N1CCC(OC)CC1CN. The van der Waals surface area contributed by atoms with Crippen LogP contribution in [-0.2, 0) is 9.53 Å². The van der Waals surface area contributed by atoms with Gasteiger partial charge in [-0.25, -0.2) is 0 Å². The molecule has 1 heterocycles. The van der Waals surface area contributed by atoms with Crippen LogP contribution in [0.15, 0.2) is 0 Å². The van der Waals surface area contributed by atoms with Gasteiger partial charge in [0.1, 0.15) is 0 Å². The molecule has 4 nitrogen and oxygen atoms in total. The van der Waals surface area contributed by atoms with Gasteiger partial charge in [0.2, 0.25) is 5.91 Å². The minimum absolute atomic E-state index is 0.168. The molecular weight excluding hydrogens is 180 g/mol. The van der Waals surface area contributed by atoms with E-state index in [-0.39, 0.29) is 18.1 Å². The molecule has 1 fully saturated rings. The Balaban J connectivity index is 2.56. The van der Waals surface area contributed by atoms with Crippen LogP contribution in [0.25, 0.3) is 0 Å². The summed E-state index contributed by atoms with van der Waals surface area (Å²) >= 11 is 0. The van der Waals surface area contributed by atoms with Crippen molar-refractivity contribution in [2.75, 3.05) is 20.2 Å². The van der Waals surface area contributed by atoms with Crippen LogP contribution in [0, 0.1) is 0 Å². The summed E-state index contributed by atoms with van der Waals surface area (Å²) in [6, 6.07) is 0.168. The normalized spacial score (nSPS) is 27.8. The summed E-state index contributed by atoms with van der Waals surface area (Å²) in [7, 11) is 1.72. The zero-order valence-electron chi connectivity index (χ0n) is 9.03. The van der Waals surface area contributed by atoms with E-state index in [1.54, 1.807) is 7.11 Å². The molecule has 4 heteroatoms. The van der Waals surface area contributed by atoms with Crippen molar-refractivity contribution in [3.63, 3.8) is 0 Å². The van der Waals surface area contributed by atoms with Crippen molar-refractivity contribution in [3.05, 3.63) is 0 Å². The first kappa shape index (κ1) is 11.5. The average molecular weight is 200 g/mol. The van der Waals surface area contributed by atoms with E-state index in [4.69, 9.17) is 10.5 Å². The van der Waals surface area contributed by atoms with Gasteiger partial charge in [0.05, 0.1) is 6.10 Å². The molecule has 14 heavy (non-hydrogen) atoms. The number of hydrogen-bond donors (Lipinski definition) is 1. The Hall–Kier alpha value is -0.610. The Bertz CT molecular complexity index is 197. The number of likely N-dealkylation sites (tertiary alicyclic amines) is 1. The highest BCUT2D eigenvalue weighted by Crippen LogP contribution is 2.19. The monoisotopic (exact) mass is 200 g/mol. The molecule has 82 valence electrons. The van der Waals surface area contributed by atoms with Crippen molar-refractivity contribution in [2.45, 2.75) is 38.3 Å². The summed E-state index contributed by atoms with van der Waals surface area (Å²) < 4.78 is 5.29. The Morgan fingerprint density at radius 3 is 2.86 bits per heavy atom. The van der Waals surface area contributed by atoms with E-state index in [2.05, 4.69) is 0 Å². The van der Waals surface area contributed by atoms with Crippen LogP contribution < -0.4 is 5.73 Å². The van der Waals surface area contributed by atoms with Gasteiger partial charge in [-0.2, -0.15) is 0 Å². The first-order chi connectivity index (χ1) is 6.72. The number of piperidine rings is 1. The highest BCUT2D eigenvalue weighted by Gasteiger charge is 2.29. The van der Waals surface area contributed by atoms with Crippen LogP contribution in [0.4, 0.5) is 0 Å². The maximum absolute atomic E-state index is 11.6. The maximum Gasteiger partial charge on any atom is 0.222 e. The average Bonchev–Trinajstić information content (AvgIpc) is 2.27. The molecule has 0 radical (unpaired) electrons. The number of nitrogens with two attached hydrogens (primary N) is 1. The van der Waals surface area contributed by atoms with Gasteiger partial charge in [0.15, 0.2) is 0 Å². The smallest absolute Gasteiger partial charge is 0.222 e. The lowest BCUT2D eigenvalue weighted by molar-refractivity contribution is -0.136. The zero-order chi connectivity index (χ0) is 10.6. The summed E-state index contributed by atoms with van der Waals surface area (Å²) in [6.07, 6.45) is 2.63. The number of hydrogen-bond acceptors (Lipinski definition) is 3. The molecule has 0 bridgehead atoms. The summed E-state index contributed by atoms with van der Waals surface area (Å²) in [5.74, 6) is 0.204. The number of carbonyl (C=O) groups is 1. The fourth-order valence-electron chi connectivity index (χ4n) is 1.98. The third-order valence-corrected chi connectivity index (χ3v) is 2.90. The lowest BCUT2D eigenvalue weighted by Gasteiger charge is -2.38. The summed E-state index contributed by atoms with van der Waals surface area (Å²) in [6.45, 7) is 3.21. The number of methoxy groups -OCH3 is 1. The van der Waals surface area contributed by atoms with Gasteiger partial charge in [0.25, 0.3) is 0 Å². The predicted octanol–water partition coefficient (Wildman–Crippen LogP) is 0.361. The molecule has 0 aromatic rings. The largest absolute Gasteiger partial charge is 0.381 e. The number of amides is 1. The summed E-state index contributed by atoms with van der Waals surface area (Å²) in [5.41, 5.74) is 5.65. The van der Waals surface area contributed by atoms with Crippen LogP contribution >= 0.6 is 0 Å². The molecule has 1 rings (SSSR count). The molecule has 0 aromatic carbocycles. The molecule has 0 saturated carbocycles. The second-order valence-electron chi connectivity index (χ2n) is 3.71. The number of rotatable bonds is 3. The van der Waals surface area contributed by atoms with Crippen LogP contribution in [0.2, 0.25) is 0 Å². The summed E-state index contributed by atoms with van der Waals surface area (Å²) in [5, 5.41) is 0. The highest BCUT2D eigenvalue weighted by atomic mass is 16.5. The van der Waals surface area contributed by atoms with Gasteiger partial charge in [-0.3, -0.25) is 4.79 Å². The second-order valence-corrected chi connectivity index (χ2v) is 3.71. The second kappa shape index (κ2) is 5.32. The van der Waals surface area contributed by atoms with Gasteiger partial charge in [-0.05, 0) is 12.8 Å². The van der Waals surface area contributed by atoms with E-state index in [0.29, 0.717) is 13.0 Å². The van der Waals surface area contributed by atoms with Crippen molar-refractivity contribution in [2.24, 2.45) is 5.73 Å². The van der Waals surface area contributed by atoms with E-state index in [1.807, 2.05) is 11.8 Å². The Labute approximate surface area is 85.4 Å². The lowest BCUT2D eigenvalue weighted by atomic mass is 9.99. The Morgan fingerprint density at radius 1 is 1.64 bits per heavy atom. The van der Waals surface area contributed by atoms with E-state index >= 15 is 0 Å². The quantitative estimate of drug-likeness (QED) is 0.715. The van der Waals surface area contributed by atoms with Gasteiger partial charge in [-0.15, -0.1) is 0 Å². The minimum Gasteiger partial charge on any atom is -0.381 e. The molecule has 0 aromatic heterocycles. The lowest BCUT2D eigenvalue weighted by Crippen LogP contribution is -2.51. The van der Waals surface area contributed by atoms with Crippen molar-refractivity contribution < 1.29 is 9.53 Å². The fraction of sp³-hybridized carbons (Fsp3) is 0.900. The molecule has 2 atom stereocenters.